The fraction of sp³-hybridized carbons (Fsp3) is 0.588. The first-order valence-corrected chi connectivity index (χ1v) is 7.68. The predicted molar refractivity (Wildman–Crippen MR) is 82.6 cm³/mol. The molecule has 3 heteroatoms. The van der Waals surface area contributed by atoms with Gasteiger partial charge in [0.1, 0.15) is 0 Å². The number of carbonyl (C=O) groups is 1. The molecule has 1 aliphatic heterocycles. The lowest BCUT2D eigenvalue weighted by atomic mass is 10.0. The van der Waals surface area contributed by atoms with Crippen molar-refractivity contribution >= 4 is 5.91 Å². The van der Waals surface area contributed by atoms with E-state index in [0.29, 0.717) is 18.2 Å². The molecule has 0 radical (unpaired) electrons. The Labute approximate surface area is 122 Å². The summed E-state index contributed by atoms with van der Waals surface area (Å²) < 4.78 is 0. The van der Waals surface area contributed by atoms with Crippen LogP contribution in [0.5, 0.6) is 0 Å². The van der Waals surface area contributed by atoms with Crippen molar-refractivity contribution in [2.45, 2.75) is 39.7 Å². The zero-order valence-electron chi connectivity index (χ0n) is 12.9. The van der Waals surface area contributed by atoms with Crippen molar-refractivity contribution in [1.82, 2.24) is 10.2 Å². The third-order valence-electron chi connectivity index (χ3n) is 4.02. The molecule has 2 unspecified atom stereocenters. The summed E-state index contributed by atoms with van der Waals surface area (Å²) in [6.07, 6.45) is 1.81. The van der Waals surface area contributed by atoms with Crippen LogP contribution in [0.3, 0.4) is 0 Å². The first-order valence-electron chi connectivity index (χ1n) is 7.68. The average Bonchev–Trinajstić information content (AvgIpc) is 2.73. The summed E-state index contributed by atoms with van der Waals surface area (Å²) in [5, 5.41) is 3.59. The zero-order valence-corrected chi connectivity index (χ0v) is 12.9. The molecule has 1 fully saturated rings. The Morgan fingerprint density at radius 2 is 2.15 bits per heavy atom. The van der Waals surface area contributed by atoms with E-state index in [9.17, 15) is 4.79 Å². The van der Waals surface area contributed by atoms with Gasteiger partial charge < -0.3 is 10.2 Å². The van der Waals surface area contributed by atoms with E-state index < -0.39 is 0 Å². The first kappa shape index (κ1) is 15.0. The average molecular weight is 274 g/mol. The van der Waals surface area contributed by atoms with Crippen LogP contribution in [0.1, 0.15) is 43.9 Å². The highest BCUT2D eigenvalue weighted by atomic mass is 16.2. The van der Waals surface area contributed by atoms with Crippen molar-refractivity contribution in [2.75, 3.05) is 19.6 Å². The highest BCUT2D eigenvalue weighted by Crippen LogP contribution is 2.23. The maximum Gasteiger partial charge on any atom is 0.222 e. The molecular weight excluding hydrogens is 248 g/mol. The van der Waals surface area contributed by atoms with Gasteiger partial charge in [0.25, 0.3) is 0 Å². The maximum atomic E-state index is 12.0. The minimum Gasteiger partial charge on any atom is -0.340 e. The Morgan fingerprint density at radius 1 is 1.40 bits per heavy atom. The molecule has 1 N–H and O–H groups in total. The topological polar surface area (TPSA) is 32.3 Å². The van der Waals surface area contributed by atoms with E-state index in [1.165, 1.54) is 11.1 Å². The van der Waals surface area contributed by atoms with Crippen LogP contribution in [0.25, 0.3) is 0 Å². The quantitative estimate of drug-likeness (QED) is 0.865. The van der Waals surface area contributed by atoms with Crippen LogP contribution in [0, 0.1) is 12.8 Å². The van der Waals surface area contributed by atoms with Crippen molar-refractivity contribution in [3.63, 3.8) is 0 Å². The van der Waals surface area contributed by atoms with E-state index in [2.05, 4.69) is 50.4 Å². The number of amides is 1. The van der Waals surface area contributed by atoms with Crippen LogP contribution in [0.4, 0.5) is 0 Å². The van der Waals surface area contributed by atoms with Crippen molar-refractivity contribution in [3.05, 3.63) is 35.4 Å². The monoisotopic (exact) mass is 274 g/mol. The Bertz CT molecular complexity index is 458. The van der Waals surface area contributed by atoms with Crippen LogP contribution in [-0.4, -0.2) is 30.4 Å². The second-order valence-corrected chi connectivity index (χ2v) is 5.97. The van der Waals surface area contributed by atoms with Crippen LogP contribution < -0.4 is 5.32 Å². The second kappa shape index (κ2) is 6.89. The molecular formula is C17H26N2O. The molecule has 1 heterocycles. The molecule has 2 atom stereocenters. The lowest BCUT2D eigenvalue weighted by molar-refractivity contribution is -0.128. The fourth-order valence-corrected chi connectivity index (χ4v) is 2.94. The number of hydrogen-bond acceptors (Lipinski definition) is 2. The fourth-order valence-electron chi connectivity index (χ4n) is 2.94. The summed E-state index contributed by atoms with van der Waals surface area (Å²) in [7, 11) is 0. The molecule has 0 bridgehead atoms. The summed E-state index contributed by atoms with van der Waals surface area (Å²) in [5.74, 6) is 0.792. The van der Waals surface area contributed by atoms with Gasteiger partial charge in [0.05, 0.1) is 6.04 Å². The van der Waals surface area contributed by atoms with Crippen molar-refractivity contribution in [3.8, 4) is 0 Å². The van der Waals surface area contributed by atoms with Gasteiger partial charge in [0, 0.05) is 19.5 Å². The molecule has 1 aromatic rings. The number of carbonyl (C=O) groups excluding carboxylic acids is 1. The predicted octanol–water partition coefficient (Wildman–Crippen LogP) is 2.90. The standard InChI is InChI=1S/C17H26N2O/c1-4-9-18-16(15-8-6-5-7-14(15)3)12-19-11-13(2)10-17(19)20/h5-8,13,16,18H,4,9-12H2,1-3H3. The van der Waals surface area contributed by atoms with Crippen LogP contribution >= 0.6 is 0 Å². The maximum absolute atomic E-state index is 12.0. The van der Waals surface area contributed by atoms with E-state index in [-0.39, 0.29) is 6.04 Å². The van der Waals surface area contributed by atoms with E-state index in [1.807, 2.05) is 4.90 Å². The normalized spacial score (nSPS) is 20.4. The van der Waals surface area contributed by atoms with E-state index >= 15 is 0 Å². The van der Waals surface area contributed by atoms with Crippen molar-refractivity contribution in [2.24, 2.45) is 5.92 Å². The van der Waals surface area contributed by atoms with E-state index in [1.54, 1.807) is 0 Å². The molecule has 0 saturated carbocycles. The van der Waals surface area contributed by atoms with E-state index in [4.69, 9.17) is 0 Å². The van der Waals surface area contributed by atoms with E-state index in [0.717, 1.165) is 26.1 Å². The summed E-state index contributed by atoms with van der Waals surface area (Å²) in [6.45, 7) is 9.13. The molecule has 0 spiro atoms. The van der Waals surface area contributed by atoms with Crippen LogP contribution in [0.15, 0.2) is 24.3 Å². The Hall–Kier alpha value is -1.35. The first-order chi connectivity index (χ1) is 9.61. The number of rotatable bonds is 6. The number of nitrogens with one attached hydrogen (secondary N) is 1. The minimum atomic E-state index is 0.241. The SMILES string of the molecule is CCCNC(CN1CC(C)CC1=O)c1ccccc1C. The van der Waals surface area contributed by atoms with Crippen LogP contribution in [-0.2, 0) is 4.79 Å². The zero-order chi connectivity index (χ0) is 14.5. The van der Waals surface area contributed by atoms with Crippen molar-refractivity contribution < 1.29 is 4.79 Å². The molecule has 0 aromatic heterocycles. The number of aryl methyl sites for hydroxylation is 1. The lowest BCUT2D eigenvalue weighted by Gasteiger charge is -2.26. The summed E-state index contributed by atoms with van der Waals surface area (Å²) in [5.41, 5.74) is 2.61. The minimum absolute atomic E-state index is 0.241. The highest BCUT2D eigenvalue weighted by molar-refractivity contribution is 5.78. The Kier molecular flexibility index (Phi) is 5.18. The van der Waals surface area contributed by atoms with Gasteiger partial charge in [0.2, 0.25) is 5.91 Å². The Morgan fingerprint density at radius 3 is 2.75 bits per heavy atom. The third-order valence-corrected chi connectivity index (χ3v) is 4.02. The molecule has 1 amide bonds. The van der Waals surface area contributed by atoms with Gasteiger partial charge in [-0.05, 0) is 36.9 Å². The van der Waals surface area contributed by atoms with Gasteiger partial charge in [-0.3, -0.25) is 4.79 Å². The summed E-state index contributed by atoms with van der Waals surface area (Å²) in [6, 6.07) is 8.71. The molecule has 1 aliphatic rings. The van der Waals surface area contributed by atoms with Crippen LogP contribution in [0.2, 0.25) is 0 Å². The number of nitrogens with zero attached hydrogens (tertiary/aromatic N) is 1. The van der Waals surface area contributed by atoms with Gasteiger partial charge in [-0.25, -0.2) is 0 Å². The van der Waals surface area contributed by atoms with Crippen molar-refractivity contribution in [1.29, 1.82) is 0 Å². The highest BCUT2D eigenvalue weighted by Gasteiger charge is 2.28. The summed E-state index contributed by atoms with van der Waals surface area (Å²) >= 11 is 0. The van der Waals surface area contributed by atoms with Gasteiger partial charge in [-0.1, -0.05) is 38.1 Å². The largest absolute Gasteiger partial charge is 0.340 e. The van der Waals surface area contributed by atoms with Gasteiger partial charge in [-0.2, -0.15) is 0 Å². The molecule has 110 valence electrons. The van der Waals surface area contributed by atoms with Gasteiger partial charge in [0.15, 0.2) is 0 Å². The van der Waals surface area contributed by atoms with Gasteiger partial charge >= 0.3 is 0 Å². The van der Waals surface area contributed by atoms with Gasteiger partial charge in [-0.15, -0.1) is 0 Å². The molecule has 2 rings (SSSR count). The molecule has 20 heavy (non-hydrogen) atoms. The number of likely N-dealkylation sites (tertiary alicyclic amines) is 1. The molecule has 0 aliphatic carbocycles. The number of benzene rings is 1. The Balaban J connectivity index is 2.12. The molecule has 1 aromatic carbocycles. The molecule has 3 nitrogen and oxygen atoms in total. The summed E-state index contributed by atoms with van der Waals surface area (Å²) in [4.78, 5) is 14.0. The molecule has 1 saturated heterocycles. The third kappa shape index (κ3) is 3.60. The second-order valence-electron chi connectivity index (χ2n) is 5.97. The number of hydrogen-bond donors (Lipinski definition) is 1. The lowest BCUT2D eigenvalue weighted by Crippen LogP contribution is -2.36. The smallest absolute Gasteiger partial charge is 0.222 e.